The van der Waals surface area contributed by atoms with Crippen LogP contribution < -0.4 is 20.3 Å². The fourth-order valence-corrected chi connectivity index (χ4v) is 3.33. The van der Waals surface area contributed by atoms with E-state index in [1.54, 1.807) is 30.3 Å². The van der Waals surface area contributed by atoms with E-state index in [1.807, 2.05) is 61.5 Å². The first kappa shape index (κ1) is 22.8. The summed E-state index contributed by atoms with van der Waals surface area (Å²) in [6, 6.07) is 27.0. The quantitative estimate of drug-likeness (QED) is 0.401. The number of hydrogen-bond donors (Lipinski definition) is 1. The molecule has 0 aliphatic rings. The summed E-state index contributed by atoms with van der Waals surface area (Å²) < 4.78 is 12.6. The molecule has 7 nitrogen and oxygen atoms in total. The molecule has 172 valence electrons. The number of amides is 1. The van der Waals surface area contributed by atoms with Gasteiger partial charge in [-0.25, -0.2) is 4.68 Å². The third-order valence-corrected chi connectivity index (χ3v) is 5.03. The van der Waals surface area contributed by atoms with Crippen LogP contribution in [0.2, 0.25) is 0 Å². The lowest BCUT2D eigenvalue weighted by Crippen LogP contribution is -2.31. The van der Waals surface area contributed by atoms with Gasteiger partial charge in [0.1, 0.15) is 17.2 Å². The predicted molar refractivity (Wildman–Crippen MR) is 130 cm³/mol. The first-order chi connectivity index (χ1) is 16.6. The first-order valence-electron chi connectivity index (χ1n) is 11.0. The van der Waals surface area contributed by atoms with Gasteiger partial charge in [0.15, 0.2) is 0 Å². The van der Waals surface area contributed by atoms with E-state index in [-0.39, 0.29) is 24.6 Å². The molecule has 0 fully saturated rings. The molecule has 34 heavy (non-hydrogen) atoms. The molecule has 0 radical (unpaired) electrons. The molecule has 3 aromatic carbocycles. The molecule has 1 heterocycles. The van der Waals surface area contributed by atoms with Gasteiger partial charge in [0.05, 0.1) is 18.8 Å². The second-order valence-electron chi connectivity index (χ2n) is 7.43. The third kappa shape index (κ3) is 5.89. The molecule has 0 saturated carbocycles. The van der Waals surface area contributed by atoms with Crippen LogP contribution >= 0.6 is 0 Å². The molecule has 4 rings (SSSR count). The molecule has 0 aliphatic heterocycles. The van der Waals surface area contributed by atoms with Gasteiger partial charge < -0.3 is 14.8 Å². The molecule has 0 unspecified atom stereocenters. The number of carbonyl (C=O) groups is 1. The highest BCUT2D eigenvalue weighted by Crippen LogP contribution is 2.21. The molecular formula is C27H25N3O4. The summed E-state index contributed by atoms with van der Waals surface area (Å²) in [7, 11) is 0. The number of ether oxygens (including phenoxy) is 2. The summed E-state index contributed by atoms with van der Waals surface area (Å²) in [5.74, 6) is 1.92. The Morgan fingerprint density at radius 2 is 1.53 bits per heavy atom. The summed E-state index contributed by atoms with van der Waals surface area (Å²) in [6.07, 6.45) is 0. The van der Waals surface area contributed by atoms with Gasteiger partial charge >= 0.3 is 0 Å². The van der Waals surface area contributed by atoms with Crippen molar-refractivity contribution in [3.63, 3.8) is 0 Å². The van der Waals surface area contributed by atoms with Crippen molar-refractivity contribution in [2.75, 3.05) is 13.2 Å². The Bertz CT molecular complexity index is 1280. The van der Waals surface area contributed by atoms with Crippen LogP contribution in [0.5, 0.6) is 17.2 Å². The van der Waals surface area contributed by atoms with Crippen molar-refractivity contribution in [3.05, 3.63) is 107 Å². The smallest absolute Gasteiger partial charge is 0.266 e. The van der Waals surface area contributed by atoms with E-state index in [2.05, 4.69) is 10.4 Å². The molecule has 7 heteroatoms. The molecule has 1 amide bonds. The SMILES string of the molecule is CCOc1ccc(-c2ccc(=O)n(CCNC(=O)c3ccc(Oc4ccccc4)cc3)n2)cc1. The Hall–Kier alpha value is -4.39. The van der Waals surface area contributed by atoms with Crippen molar-refractivity contribution in [1.82, 2.24) is 15.1 Å². The normalized spacial score (nSPS) is 10.5. The highest BCUT2D eigenvalue weighted by Gasteiger charge is 2.08. The number of rotatable bonds is 9. The van der Waals surface area contributed by atoms with E-state index < -0.39 is 0 Å². The molecule has 0 aliphatic carbocycles. The summed E-state index contributed by atoms with van der Waals surface area (Å²) >= 11 is 0. The molecule has 1 aromatic heterocycles. The van der Waals surface area contributed by atoms with E-state index in [0.29, 0.717) is 23.6 Å². The Labute approximate surface area is 197 Å². The van der Waals surface area contributed by atoms with E-state index in [1.165, 1.54) is 10.7 Å². The largest absolute Gasteiger partial charge is 0.494 e. The van der Waals surface area contributed by atoms with Crippen LogP contribution in [-0.4, -0.2) is 28.8 Å². The van der Waals surface area contributed by atoms with Gasteiger partial charge in [-0.3, -0.25) is 9.59 Å². The van der Waals surface area contributed by atoms with Crippen LogP contribution in [0.25, 0.3) is 11.3 Å². The average Bonchev–Trinajstić information content (AvgIpc) is 2.87. The Balaban J connectivity index is 1.34. The monoisotopic (exact) mass is 455 g/mol. The molecule has 1 N–H and O–H groups in total. The van der Waals surface area contributed by atoms with Gasteiger partial charge in [0.25, 0.3) is 11.5 Å². The highest BCUT2D eigenvalue weighted by atomic mass is 16.5. The Morgan fingerprint density at radius 1 is 0.853 bits per heavy atom. The van der Waals surface area contributed by atoms with E-state index in [9.17, 15) is 9.59 Å². The Morgan fingerprint density at radius 3 is 2.24 bits per heavy atom. The fourth-order valence-electron chi connectivity index (χ4n) is 3.33. The zero-order valence-electron chi connectivity index (χ0n) is 18.8. The molecule has 0 saturated heterocycles. The van der Waals surface area contributed by atoms with Gasteiger partial charge in [-0.15, -0.1) is 0 Å². The minimum Gasteiger partial charge on any atom is -0.494 e. The minimum absolute atomic E-state index is 0.230. The number of nitrogens with one attached hydrogen (secondary N) is 1. The third-order valence-electron chi connectivity index (χ3n) is 5.03. The van der Waals surface area contributed by atoms with E-state index in [4.69, 9.17) is 9.47 Å². The second kappa shape index (κ2) is 11.0. The number of benzene rings is 3. The lowest BCUT2D eigenvalue weighted by atomic mass is 10.1. The summed E-state index contributed by atoms with van der Waals surface area (Å²) in [5.41, 5.74) is 1.82. The summed E-state index contributed by atoms with van der Waals surface area (Å²) in [6.45, 7) is 3.05. The molecular weight excluding hydrogens is 430 g/mol. The van der Waals surface area contributed by atoms with Crippen LogP contribution in [0.15, 0.2) is 95.8 Å². The van der Waals surface area contributed by atoms with Crippen LogP contribution in [0.3, 0.4) is 0 Å². The van der Waals surface area contributed by atoms with Crippen molar-refractivity contribution in [2.24, 2.45) is 0 Å². The van der Waals surface area contributed by atoms with Gasteiger partial charge in [0, 0.05) is 23.7 Å². The van der Waals surface area contributed by atoms with E-state index >= 15 is 0 Å². The van der Waals surface area contributed by atoms with Crippen LogP contribution in [0, 0.1) is 0 Å². The summed E-state index contributed by atoms with van der Waals surface area (Å²) in [4.78, 5) is 24.7. The van der Waals surface area contributed by atoms with Gasteiger partial charge in [-0.2, -0.15) is 5.10 Å². The Kier molecular flexibility index (Phi) is 7.35. The maximum absolute atomic E-state index is 12.5. The average molecular weight is 456 g/mol. The van der Waals surface area contributed by atoms with Gasteiger partial charge in [-0.05, 0) is 73.7 Å². The number of hydrogen-bond acceptors (Lipinski definition) is 5. The van der Waals surface area contributed by atoms with E-state index in [0.717, 1.165) is 17.1 Å². The van der Waals surface area contributed by atoms with Crippen LogP contribution in [0.1, 0.15) is 17.3 Å². The fraction of sp³-hybridized carbons (Fsp3) is 0.148. The number of nitrogens with zero attached hydrogens (tertiary/aromatic N) is 2. The molecule has 0 spiro atoms. The zero-order valence-corrected chi connectivity index (χ0v) is 18.8. The number of para-hydroxylation sites is 1. The summed E-state index contributed by atoms with van der Waals surface area (Å²) in [5, 5.41) is 7.26. The molecule has 4 aromatic rings. The van der Waals surface area contributed by atoms with Crippen LogP contribution in [-0.2, 0) is 6.54 Å². The van der Waals surface area contributed by atoms with Crippen molar-refractivity contribution >= 4 is 5.91 Å². The lowest BCUT2D eigenvalue weighted by Gasteiger charge is -2.10. The van der Waals surface area contributed by atoms with Crippen molar-refractivity contribution in [2.45, 2.75) is 13.5 Å². The minimum atomic E-state index is -0.234. The standard InChI is InChI=1S/C27H25N3O4/c1-2-33-22-12-8-20(9-13-22)25-16-17-26(31)30(29-25)19-18-28-27(32)21-10-14-24(15-11-21)34-23-6-4-3-5-7-23/h3-17H,2,18-19H2,1H3,(H,28,32). The highest BCUT2D eigenvalue weighted by molar-refractivity contribution is 5.94. The maximum Gasteiger partial charge on any atom is 0.266 e. The van der Waals surface area contributed by atoms with Crippen molar-refractivity contribution in [3.8, 4) is 28.5 Å². The second-order valence-corrected chi connectivity index (χ2v) is 7.43. The maximum atomic E-state index is 12.5. The molecule has 0 bridgehead atoms. The number of carbonyl (C=O) groups excluding carboxylic acids is 1. The first-order valence-corrected chi connectivity index (χ1v) is 11.0. The molecule has 0 atom stereocenters. The lowest BCUT2D eigenvalue weighted by molar-refractivity contribution is 0.0951. The van der Waals surface area contributed by atoms with Gasteiger partial charge in [0.2, 0.25) is 0 Å². The predicted octanol–water partition coefficient (Wildman–Crippen LogP) is 4.53. The van der Waals surface area contributed by atoms with Gasteiger partial charge in [-0.1, -0.05) is 18.2 Å². The van der Waals surface area contributed by atoms with Crippen molar-refractivity contribution in [1.29, 1.82) is 0 Å². The zero-order chi connectivity index (χ0) is 23.8. The topological polar surface area (TPSA) is 82.5 Å². The number of aromatic nitrogens is 2. The van der Waals surface area contributed by atoms with Crippen LogP contribution in [0.4, 0.5) is 0 Å². The van der Waals surface area contributed by atoms with Crippen molar-refractivity contribution < 1.29 is 14.3 Å².